The van der Waals surface area contributed by atoms with Crippen LogP contribution in [0.1, 0.15) is 16.1 Å². The molecule has 1 aromatic carbocycles. The first-order valence-electron chi connectivity index (χ1n) is 5.46. The normalized spacial score (nSPS) is 11.3. The lowest BCUT2D eigenvalue weighted by Gasteiger charge is -2.08. The van der Waals surface area contributed by atoms with E-state index in [1.165, 1.54) is 24.3 Å². The van der Waals surface area contributed by atoms with Crippen molar-refractivity contribution >= 4 is 11.8 Å². The fourth-order valence-electron chi connectivity index (χ4n) is 1.68. The summed E-state index contributed by atoms with van der Waals surface area (Å²) in [5.74, 6) is -1.27. The summed E-state index contributed by atoms with van der Waals surface area (Å²) in [6.07, 6.45) is -4.41. The maximum Gasteiger partial charge on any atom is 0.416 e. The Morgan fingerprint density at radius 3 is 2.20 bits per heavy atom. The first-order valence-corrected chi connectivity index (χ1v) is 5.46. The van der Waals surface area contributed by atoms with E-state index in [0.717, 1.165) is 12.1 Å². The number of carboxylic acid groups (broad SMARTS) is 1. The molecule has 20 heavy (non-hydrogen) atoms. The molecule has 2 aromatic rings. The van der Waals surface area contributed by atoms with E-state index in [-0.39, 0.29) is 11.5 Å². The van der Waals surface area contributed by atoms with Gasteiger partial charge in [0.1, 0.15) is 5.82 Å². The van der Waals surface area contributed by atoms with Crippen molar-refractivity contribution in [2.24, 2.45) is 0 Å². The number of anilines is 1. The molecule has 0 fully saturated rings. The predicted octanol–water partition coefficient (Wildman–Crippen LogP) is 3.05. The molecule has 0 aliphatic rings. The van der Waals surface area contributed by atoms with Crippen molar-refractivity contribution in [2.45, 2.75) is 6.18 Å². The molecule has 0 amide bonds. The number of aromatic carboxylic acids is 1. The van der Waals surface area contributed by atoms with Crippen LogP contribution in [0.25, 0.3) is 11.1 Å². The molecule has 0 aliphatic heterocycles. The van der Waals surface area contributed by atoms with Crippen molar-refractivity contribution in [1.29, 1.82) is 0 Å². The van der Waals surface area contributed by atoms with E-state index >= 15 is 0 Å². The Balaban J connectivity index is 2.44. The Labute approximate surface area is 111 Å². The standard InChI is InChI=1S/C13H9F3N2O2/c14-13(15,16)9-3-1-7(2-4-9)8-5-10(12(19)20)18-11(17)6-8/h1-6H,(H2,17,18)(H,19,20). The highest BCUT2D eigenvalue weighted by atomic mass is 19.4. The van der Waals surface area contributed by atoms with E-state index in [2.05, 4.69) is 4.98 Å². The van der Waals surface area contributed by atoms with Crippen molar-refractivity contribution in [3.63, 3.8) is 0 Å². The van der Waals surface area contributed by atoms with Gasteiger partial charge in [-0.15, -0.1) is 0 Å². The number of pyridine rings is 1. The van der Waals surface area contributed by atoms with Gasteiger partial charge >= 0.3 is 12.1 Å². The summed E-state index contributed by atoms with van der Waals surface area (Å²) in [6.45, 7) is 0. The van der Waals surface area contributed by atoms with Crippen LogP contribution in [0.4, 0.5) is 19.0 Å². The highest BCUT2D eigenvalue weighted by molar-refractivity contribution is 5.88. The van der Waals surface area contributed by atoms with Crippen LogP contribution in [0.2, 0.25) is 0 Å². The van der Waals surface area contributed by atoms with Gasteiger partial charge in [-0.3, -0.25) is 0 Å². The second kappa shape index (κ2) is 4.84. The summed E-state index contributed by atoms with van der Waals surface area (Å²) >= 11 is 0. The molecule has 0 atom stereocenters. The third-order valence-corrected chi connectivity index (χ3v) is 2.61. The Morgan fingerprint density at radius 2 is 1.70 bits per heavy atom. The minimum absolute atomic E-state index is 0.0141. The van der Waals surface area contributed by atoms with Gasteiger partial charge in [0.15, 0.2) is 5.69 Å². The monoisotopic (exact) mass is 282 g/mol. The first kappa shape index (κ1) is 13.9. The molecule has 0 unspecified atom stereocenters. The highest BCUT2D eigenvalue weighted by Gasteiger charge is 2.29. The Kier molecular flexibility index (Phi) is 3.35. The van der Waals surface area contributed by atoms with Gasteiger partial charge < -0.3 is 10.8 Å². The average Bonchev–Trinajstić information content (AvgIpc) is 2.37. The summed E-state index contributed by atoms with van der Waals surface area (Å²) in [5, 5.41) is 8.86. The summed E-state index contributed by atoms with van der Waals surface area (Å²) in [4.78, 5) is 14.5. The molecule has 3 N–H and O–H groups in total. The maximum atomic E-state index is 12.4. The van der Waals surface area contributed by atoms with Crippen molar-refractivity contribution in [3.8, 4) is 11.1 Å². The molecule has 0 saturated carbocycles. The van der Waals surface area contributed by atoms with Gasteiger partial charge in [0.05, 0.1) is 5.56 Å². The van der Waals surface area contributed by atoms with Gasteiger partial charge in [-0.05, 0) is 35.4 Å². The zero-order valence-electron chi connectivity index (χ0n) is 9.98. The Hall–Kier alpha value is -2.57. The second-order valence-electron chi connectivity index (χ2n) is 4.05. The SMILES string of the molecule is Nc1cc(-c2ccc(C(F)(F)F)cc2)cc(C(=O)O)n1. The number of nitrogens with zero attached hydrogens (tertiary/aromatic N) is 1. The van der Waals surface area contributed by atoms with E-state index < -0.39 is 17.7 Å². The van der Waals surface area contributed by atoms with E-state index in [0.29, 0.717) is 11.1 Å². The minimum Gasteiger partial charge on any atom is -0.477 e. The summed E-state index contributed by atoms with van der Waals surface area (Å²) in [7, 11) is 0. The number of nitrogens with two attached hydrogens (primary N) is 1. The van der Waals surface area contributed by atoms with E-state index in [9.17, 15) is 18.0 Å². The number of rotatable bonds is 2. The van der Waals surface area contributed by atoms with Crippen LogP contribution in [-0.4, -0.2) is 16.1 Å². The van der Waals surface area contributed by atoms with Crippen molar-refractivity contribution in [1.82, 2.24) is 4.98 Å². The van der Waals surface area contributed by atoms with Crippen LogP contribution in [0.15, 0.2) is 36.4 Å². The van der Waals surface area contributed by atoms with Crippen LogP contribution in [0.3, 0.4) is 0 Å². The topological polar surface area (TPSA) is 76.2 Å². The molecule has 104 valence electrons. The maximum absolute atomic E-state index is 12.4. The average molecular weight is 282 g/mol. The summed E-state index contributed by atoms with van der Waals surface area (Å²) in [6, 6.07) is 7.00. The Bertz CT molecular complexity index is 652. The molecule has 4 nitrogen and oxygen atoms in total. The Morgan fingerprint density at radius 1 is 1.10 bits per heavy atom. The number of benzene rings is 1. The molecule has 0 bridgehead atoms. The number of carbonyl (C=O) groups is 1. The quantitative estimate of drug-likeness (QED) is 0.887. The molecule has 2 rings (SSSR count). The molecular formula is C13H9F3N2O2. The smallest absolute Gasteiger partial charge is 0.416 e. The van der Waals surface area contributed by atoms with Gasteiger partial charge in [0.2, 0.25) is 0 Å². The molecule has 0 aliphatic carbocycles. The second-order valence-corrected chi connectivity index (χ2v) is 4.05. The molecule has 0 radical (unpaired) electrons. The molecule has 7 heteroatoms. The van der Waals surface area contributed by atoms with Gasteiger partial charge in [-0.2, -0.15) is 13.2 Å². The fraction of sp³-hybridized carbons (Fsp3) is 0.0769. The molecule has 1 aromatic heterocycles. The van der Waals surface area contributed by atoms with Crippen molar-refractivity contribution in [3.05, 3.63) is 47.7 Å². The number of aromatic nitrogens is 1. The molecule has 0 spiro atoms. The number of halogens is 3. The first-order chi connectivity index (χ1) is 9.27. The third-order valence-electron chi connectivity index (χ3n) is 2.61. The van der Waals surface area contributed by atoms with Gasteiger partial charge in [0, 0.05) is 0 Å². The van der Waals surface area contributed by atoms with Crippen LogP contribution in [-0.2, 0) is 6.18 Å². The lowest BCUT2D eigenvalue weighted by Crippen LogP contribution is -2.05. The molecular weight excluding hydrogens is 273 g/mol. The molecule has 0 saturated heterocycles. The number of hydrogen-bond donors (Lipinski definition) is 2. The van der Waals surface area contributed by atoms with Crippen LogP contribution >= 0.6 is 0 Å². The summed E-state index contributed by atoms with van der Waals surface area (Å²) in [5.41, 5.74) is 5.26. The molecule has 1 heterocycles. The highest BCUT2D eigenvalue weighted by Crippen LogP contribution is 2.31. The summed E-state index contributed by atoms with van der Waals surface area (Å²) < 4.78 is 37.3. The van der Waals surface area contributed by atoms with Crippen molar-refractivity contribution < 1.29 is 23.1 Å². The zero-order valence-corrected chi connectivity index (χ0v) is 9.98. The van der Waals surface area contributed by atoms with Crippen molar-refractivity contribution in [2.75, 3.05) is 5.73 Å². The van der Waals surface area contributed by atoms with Gasteiger partial charge in [-0.1, -0.05) is 12.1 Å². The number of carboxylic acids is 1. The lowest BCUT2D eigenvalue weighted by atomic mass is 10.0. The van der Waals surface area contributed by atoms with Crippen LogP contribution in [0, 0.1) is 0 Å². The van der Waals surface area contributed by atoms with E-state index in [1.54, 1.807) is 0 Å². The van der Waals surface area contributed by atoms with Gasteiger partial charge in [-0.25, -0.2) is 9.78 Å². The van der Waals surface area contributed by atoms with E-state index in [4.69, 9.17) is 10.8 Å². The largest absolute Gasteiger partial charge is 0.477 e. The lowest BCUT2D eigenvalue weighted by molar-refractivity contribution is -0.137. The number of hydrogen-bond acceptors (Lipinski definition) is 3. The van der Waals surface area contributed by atoms with Gasteiger partial charge in [0.25, 0.3) is 0 Å². The van der Waals surface area contributed by atoms with Crippen LogP contribution < -0.4 is 5.73 Å². The minimum atomic E-state index is -4.41. The predicted molar refractivity (Wildman–Crippen MR) is 66.0 cm³/mol. The number of nitrogen functional groups attached to an aromatic ring is 1. The van der Waals surface area contributed by atoms with Crippen LogP contribution in [0.5, 0.6) is 0 Å². The number of alkyl halides is 3. The third kappa shape index (κ3) is 2.87. The fourth-order valence-corrected chi connectivity index (χ4v) is 1.68. The zero-order chi connectivity index (χ0) is 14.9. The van der Waals surface area contributed by atoms with E-state index in [1.807, 2.05) is 0 Å².